The Kier molecular flexibility index (Phi) is 3.54. The Bertz CT molecular complexity index is 538. The quantitative estimate of drug-likeness (QED) is 0.910. The molecule has 1 aromatic heterocycles. The average molecular weight is 311 g/mol. The van der Waals surface area contributed by atoms with Gasteiger partial charge in [-0.1, -0.05) is 28.1 Å². The molecule has 0 aliphatic rings. The van der Waals surface area contributed by atoms with E-state index in [1.165, 1.54) is 26.0 Å². The van der Waals surface area contributed by atoms with Gasteiger partial charge in [-0.3, -0.25) is 0 Å². The Morgan fingerprint density at radius 3 is 2.29 bits per heavy atom. The Morgan fingerprint density at radius 1 is 1.24 bits per heavy atom. The van der Waals surface area contributed by atoms with Gasteiger partial charge in [0.05, 0.1) is 5.69 Å². The van der Waals surface area contributed by atoms with Crippen LogP contribution in [0.4, 0.5) is 5.13 Å². The van der Waals surface area contributed by atoms with Crippen LogP contribution in [0.2, 0.25) is 0 Å². The summed E-state index contributed by atoms with van der Waals surface area (Å²) in [6.45, 7) is 6.25. The molecule has 2 aromatic rings. The Labute approximate surface area is 114 Å². The fraction of sp³-hybridized carbons (Fsp3) is 0.308. The summed E-state index contributed by atoms with van der Waals surface area (Å²) in [6, 6.07) is 4.43. The Balaban J connectivity index is 2.33. The fourth-order valence-electron chi connectivity index (χ4n) is 1.94. The van der Waals surface area contributed by atoms with Crippen molar-refractivity contribution in [3.63, 3.8) is 0 Å². The molecule has 0 saturated heterocycles. The molecule has 0 unspecified atom stereocenters. The smallest absolute Gasteiger partial charge is 0.180 e. The van der Waals surface area contributed by atoms with Crippen LogP contribution in [0.25, 0.3) is 0 Å². The third kappa shape index (κ3) is 2.69. The van der Waals surface area contributed by atoms with Crippen LogP contribution in [-0.4, -0.2) is 4.98 Å². The van der Waals surface area contributed by atoms with E-state index in [0.29, 0.717) is 5.13 Å². The van der Waals surface area contributed by atoms with Crippen LogP contribution in [-0.2, 0) is 6.42 Å². The molecule has 0 atom stereocenters. The number of hydrogen-bond acceptors (Lipinski definition) is 3. The van der Waals surface area contributed by atoms with Crippen molar-refractivity contribution in [1.29, 1.82) is 0 Å². The zero-order valence-corrected chi connectivity index (χ0v) is 12.6. The highest BCUT2D eigenvalue weighted by atomic mass is 79.9. The van der Waals surface area contributed by atoms with Crippen molar-refractivity contribution in [2.75, 3.05) is 5.73 Å². The summed E-state index contributed by atoms with van der Waals surface area (Å²) in [5.74, 6) is 0. The molecule has 0 bridgehead atoms. The molecule has 90 valence electrons. The highest BCUT2D eigenvalue weighted by Gasteiger charge is 2.08. The van der Waals surface area contributed by atoms with Gasteiger partial charge < -0.3 is 5.73 Å². The van der Waals surface area contributed by atoms with Crippen molar-refractivity contribution in [3.05, 3.63) is 43.9 Å². The first-order valence-electron chi connectivity index (χ1n) is 5.44. The molecule has 0 amide bonds. The lowest BCUT2D eigenvalue weighted by Crippen LogP contribution is -1.92. The van der Waals surface area contributed by atoms with Crippen LogP contribution in [0.15, 0.2) is 16.6 Å². The van der Waals surface area contributed by atoms with Crippen molar-refractivity contribution in [2.24, 2.45) is 0 Å². The van der Waals surface area contributed by atoms with Gasteiger partial charge in [-0.05, 0) is 37.5 Å². The normalized spacial score (nSPS) is 10.8. The highest BCUT2D eigenvalue weighted by Crippen LogP contribution is 2.27. The maximum atomic E-state index is 5.72. The second-order valence-electron chi connectivity index (χ2n) is 4.28. The van der Waals surface area contributed by atoms with Gasteiger partial charge >= 0.3 is 0 Å². The number of rotatable bonds is 2. The van der Waals surface area contributed by atoms with Crippen molar-refractivity contribution >= 4 is 32.4 Å². The van der Waals surface area contributed by atoms with Gasteiger partial charge in [0, 0.05) is 15.8 Å². The second-order valence-corrected chi connectivity index (χ2v) is 6.19. The molecule has 0 aliphatic carbocycles. The minimum atomic E-state index is 0.656. The van der Waals surface area contributed by atoms with Gasteiger partial charge in [0.2, 0.25) is 0 Å². The van der Waals surface area contributed by atoms with Gasteiger partial charge in [0.1, 0.15) is 0 Å². The van der Waals surface area contributed by atoms with Crippen LogP contribution in [0.1, 0.15) is 27.3 Å². The number of aromatic nitrogens is 1. The molecule has 0 radical (unpaired) electrons. The molecule has 2 nitrogen and oxygen atoms in total. The first-order valence-corrected chi connectivity index (χ1v) is 7.05. The maximum absolute atomic E-state index is 5.72. The minimum absolute atomic E-state index is 0.656. The van der Waals surface area contributed by atoms with E-state index in [1.54, 1.807) is 11.3 Å². The maximum Gasteiger partial charge on any atom is 0.180 e. The van der Waals surface area contributed by atoms with Crippen molar-refractivity contribution < 1.29 is 0 Å². The lowest BCUT2D eigenvalue weighted by molar-refractivity contribution is 1.13. The molecule has 0 aliphatic heterocycles. The predicted molar refractivity (Wildman–Crippen MR) is 77.7 cm³/mol. The number of nitrogens with two attached hydrogens (primary N) is 1. The van der Waals surface area contributed by atoms with Crippen molar-refractivity contribution in [3.8, 4) is 0 Å². The van der Waals surface area contributed by atoms with Gasteiger partial charge in [0.25, 0.3) is 0 Å². The van der Waals surface area contributed by atoms with Gasteiger partial charge in [-0.25, -0.2) is 4.98 Å². The van der Waals surface area contributed by atoms with Crippen LogP contribution in [0, 0.1) is 20.8 Å². The Morgan fingerprint density at radius 2 is 1.82 bits per heavy atom. The standard InChI is InChI=1S/C13H15BrN2S/c1-7-4-10(5-8(2)12(7)14)6-11-9(3)16-13(15)17-11/h4-5H,6H2,1-3H3,(H2,15,16). The zero-order chi connectivity index (χ0) is 12.6. The summed E-state index contributed by atoms with van der Waals surface area (Å²) < 4.78 is 1.20. The third-order valence-corrected chi connectivity index (χ3v) is 5.01. The van der Waals surface area contributed by atoms with Crippen molar-refractivity contribution in [1.82, 2.24) is 4.98 Å². The largest absolute Gasteiger partial charge is 0.375 e. The first kappa shape index (κ1) is 12.6. The number of halogens is 1. The second kappa shape index (κ2) is 4.78. The van der Waals surface area contributed by atoms with Crippen LogP contribution < -0.4 is 5.73 Å². The molecular formula is C13H15BrN2S. The average Bonchev–Trinajstić information content (AvgIpc) is 2.54. The lowest BCUT2D eigenvalue weighted by Gasteiger charge is -2.07. The molecule has 4 heteroatoms. The lowest BCUT2D eigenvalue weighted by atomic mass is 10.0. The van der Waals surface area contributed by atoms with E-state index in [2.05, 4.69) is 46.9 Å². The van der Waals surface area contributed by atoms with Crippen LogP contribution in [0.3, 0.4) is 0 Å². The van der Waals surface area contributed by atoms with E-state index < -0.39 is 0 Å². The third-order valence-electron chi connectivity index (χ3n) is 2.77. The van der Waals surface area contributed by atoms with E-state index in [1.807, 2.05) is 6.92 Å². The fourth-order valence-corrected chi connectivity index (χ4v) is 3.03. The molecule has 1 heterocycles. The topological polar surface area (TPSA) is 38.9 Å². The van der Waals surface area contributed by atoms with Gasteiger partial charge in [-0.15, -0.1) is 11.3 Å². The summed E-state index contributed by atoms with van der Waals surface area (Å²) in [5, 5.41) is 0.656. The van der Waals surface area contributed by atoms with Crippen LogP contribution in [0.5, 0.6) is 0 Å². The number of aryl methyl sites for hydroxylation is 3. The predicted octanol–water partition coefficient (Wildman–Crippen LogP) is 4.00. The SMILES string of the molecule is Cc1cc(Cc2sc(N)nc2C)cc(C)c1Br. The molecule has 2 N–H and O–H groups in total. The number of hydrogen-bond donors (Lipinski definition) is 1. The Hall–Kier alpha value is -0.870. The number of nitrogens with zero attached hydrogens (tertiary/aromatic N) is 1. The molecular weight excluding hydrogens is 296 g/mol. The van der Waals surface area contributed by atoms with Crippen LogP contribution >= 0.6 is 27.3 Å². The summed E-state index contributed by atoms with van der Waals surface area (Å²) in [7, 11) is 0. The first-order chi connectivity index (χ1) is 7.97. The number of thiazole rings is 1. The molecule has 17 heavy (non-hydrogen) atoms. The van der Waals surface area contributed by atoms with Crippen molar-refractivity contribution in [2.45, 2.75) is 27.2 Å². The highest BCUT2D eigenvalue weighted by molar-refractivity contribution is 9.10. The molecule has 2 rings (SSSR count). The molecule has 0 spiro atoms. The van der Waals surface area contributed by atoms with E-state index >= 15 is 0 Å². The van der Waals surface area contributed by atoms with E-state index in [9.17, 15) is 0 Å². The molecule has 0 saturated carbocycles. The van der Waals surface area contributed by atoms with E-state index in [0.717, 1.165) is 12.1 Å². The van der Waals surface area contributed by atoms with Gasteiger partial charge in [0.15, 0.2) is 5.13 Å². The zero-order valence-electron chi connectivity index (χ0n) is 10.2. The summed E-state index contributed by atoms with van der Waals surface area (Å²) >= 11 is 5.17. The summed E-state index contributed by atoms with van der Waals surface area (Å²) in [6.07, 6.45) is 0.912. The summed E-state index contributed by atoms with van der Waals surface area (Å²) in [5.41, 5.74) is 10.6. The molecule has 1 aromatic carbocycles. The number of benzene rings is 1. The van der Waals surface area contributed by atoms with E-state index in [-0.39, 0.29) is 0 Å². The number of anilines is 1. The monoisotopic (exact) mass is 310 g/mol. The summed E-state index contributed by atoms with van der Waals surface area (Å²) in [4.78, 5) is 5.51. The molecule has 0 fully saturated rings. The van der Waals surface area contributed by atoms with Gasteiger partial charge in [-0.2, -0.15) is 0 Å². The minimum Gasteiger partial charge on any atom is -0.375 e. The number of nitrogen functional groups attached to an aromatic ring is 1. The van der Waals surface area contributed by atoms with E-state index in [4.69, 9.17) is 5.73 Å².